The molecule has 2 heterocycles. The number of benzene rings is 1. The molecule has 0 radical (unpaired) electrons. The van der Waals surface area contributed by atoms with Crippen molar-refractivity contribution in [2.45, 2.75) is 27.7 Å². The standard InChI is InChI=1S/C16H16N2O2S/c1-8-5-9(2)13(10(3)6-8)12-7-18-11(4)14(15(19)20)21-16(18)17-12/h5-7H,1-4H3,(H,19,20). The average molecular weight is 300 g/mol. The fraction of sp³-hybridized carbons (Fsp3) is 0.250. The van der Waals surface area contributed by atoms with Gasteiger partial charge in [0, 0.05) is 17.5 Å². The zero-order valence-electron chi connectivity index (χ0n) is 12.4. The predicted molar refractivity (Wildman–Crippen MR) is 84.4 cm³/mol. The van der Waals surface area contributed by atoms with Gasteiger partial charge in [-0.05, 0) is 38.8 Å². The molecular formula is C16H16N2O2S. The largest absolute Gasteiger partial charge is 0.477 e. The van der Waals surface area contributed by atoms with Crippen LogP contribution in [0.5, 0.6) is 0 Å². The van der Waals surface area contributed by atoms with Gasteiger partial charge in [-0.1, -0.05) is 29.0 Å². The lowest BCUT2D eigenvalue weighted by Gasteiger charge is -2.08. The minimum absolute atomic E-state index is 0.349. The molecule has 0 saturated heterocycles. The molecule has 0 amide bonds. The van der Waals surface area contributed by atoms with Crippen molar-refractivity contribution in [2.24, 2.45) is 0 Å². The van der Waals surface area contributed by atoms with Crippen LogP contribution in [0.3, 0.4) is 0 Å². The van der Waals surface area contributed by atoms with E-state index < -0.39 is 5.97 Å². The molecule has 1 N–H and O–H groups in total. The van der Waals surface area contributed by atoms with Gasteiger partial charge in [0.15, 0.2) is 4.96 Å². The van der Waals surface area contributed by atoms with E-state index in [0.29, 0.717) is 4.88 Å². The van der Waals surface area contributed by atoms with Crippen molar-refractivity contribution < 1.29 is 9.90 Å². The molecule has 0 atom stereocenters. The maximum Gasteiger partial charge on any atom is 0.347 e. The second-order valence-corrected chi connectivity index (χ2v) is 6.35. The van der Waals surface area contributed by atoms with Crippen LogP contribution in [0.2, 0.25) is 0 Å². The van der Waals surface area contributed by atoms with E-state index in [2.05, 4.69) is 37.9 Å². The highest BCUT2D eigenvalue weighted by Gasteiger charge is 2.18. The highest BCUT2D eigenvalue weighted by atomic mass is 32.1. The number of carboxylic acid groups (broad SMARTS) is 1. The van der Waals surface area contributed by atoms with Crippen LogP contribution in [-0.2, 0) is 0 Å². The van der Waals surface area contributed by atoms with E-state index in [0.717, 1.165) is 21.9 Å². The third kappa shape index (κ3) is 2.14. The zero-order chi connectivity index (χ0) is 15.3. The van der Waals surface area contributed by atoms with Gasteiger partial charge in [0.1, 0.15) is 4.88 Å². The van der Waals surface area contributed by atoms with Gasteiger partial charge in [-0.2, -0.15) is 0 Å². The lowest BCUT2D eigenvalue weighted by molar-refractivity contribution is 0.0701. The summed E-state index contributed by atoms with van der Waals surface area (Å²) in [5.41, 5.74) is 6.37. The van der Waals surface area contributed by atoms with Gasteiger partial charge in [-0.15, -0.1) is 0 Å². The number of imidazole rings is 1. The van der Waals surface area contributed by atoms with E-state index in [9.17, 15) is 4.79 Å². The molecule has 4 nitrogen and oxygen atoms in total. The highest BCUT2D eigenvalue weighted by Crippen LogP contribution is 2.31. The first-order valence-electron chi connectivity index (χ1n) is 6.68. The van der Waals surface area contributed by atoms with Gasteiger partial charge in [-0.3, -0.25) is 4.40 Å². The second-order valence-electron chi connectivity index (χ2n) is 5.37. The van der Waals surface area contributed by atoms with Crippen LogP contribution in [0.4, 0.5) is 0 Å². The summed E-state index contributed by atoms with van der Waals surface area (Å²) in [5, 5.41) is 9.16. The molecule has 0 spiro atoms. The number of fused-ring (bicyclic) bond motifs is 1. The number of aromatic nitrogens is 2. The predicted octanol–water partition coefficient (Wildman–Crippen LogP) is 3.99. The molecule has 0 bridgehead atoms. The Morgan fingerprint density at radius 2 is 1.81 bits per heavy atom. The number of aromatic carboxylic acids is 1. The monoisotopic (exact) mass is 300 g/mol. The van der Waals surface area contributed by atoms with Crippen LogP contribution in [0.1, 0.15) is 32.1 Å². The van der Waals surface area contributed by atoms with E-state index in [1.165, 1.54) is 28.0 Å². The third-order valence-corrected chi connectivity index (χ3v) is 4.83. The first-order valence-corrected chi connectivity index (χ1v) is 7.50. The number of carbonyl (C=O) groups is 1. The number of hydrogen-bond acceptors (Lipinski definition) is 3. The Bertz CT molecular complexity index is 851. The Kier molecular flexibility index (Phi) is 3.10. The quantitative estimate of drug-likeness (QED) is 0.778. The molecule has 1 aromatic carbocycles. The molecule has 3 aromatic rings. The van der Waals surface area contributed by atoms with E-state index in [1.54, 1.807) is 0 Å². The second kappa shape index (κ2) is 4.70. The Hall–Kier alpha value is -2.14. The van der Waals surface area contributed by atoms with Gasteiger partial charge < -0.3 is 5.11 Å². The Morgan fingerprint density at radius 1 is 1.19 bits per heavy atom. The molecule has 0 aliphatic carbocycles. The minimum atomic E-state index is -0.896. The van der Waals surface area contributed by atoms with Crippen LogP contribution < -0.4 is 0 Å². The van der Waals surface area contributed by atoms with Crippen molar-refractivity contribution in [1.82, 2.24) is 9.38 Å². The van der Waals surface area contributed by atoms with E-state index in [-0.39, 0.29) is 0 Å². The van der Waals surface area contributed by atoms with Gasteiger partial charge >= 0.3 is 5.97 Å². The van der Waals surface area contributed by atoms with Crippen LogP contribution in [-0.4, -0.2) is 20.5 Å². The first kappa shape index (κ1) is 13.8. The zero-order valence-corrected chi connectivity index (χ0v) is 13.2. The Morgan fingerprint density at radius 3 is 2.33 bits per heavy atom. The molecule has 21 heavy (non-hydrogen) atoms. The van der Waals surface area contributed by atoms with Crippen molar-refractivity contribution in [3.63, 3.8) is 0 Å². The highest BCUT2D eigenvalue weighted by molar-refractivity contribution is 7.19. The Labute approximate surface area is 126 Å². The smallest absolute Gasteiger partial charge is 0.347 e. The molecule has 3 rings (SSSR count). The summed E-state index contributed by atoms with van der Waals surface area (Å²) < 4.78 is 1.86. The van der Waals surface area contributed by atoms with E-state index in [4.69, 9.17) is 5.11 Å². The van der Waals surface area contributed by atoms with Crippen molar-refractivity contribution in [2.75, 3.05) is 0 Å². The average Bonchev–Trinajstić information content (AvgIpc) is 2.88. The van der Waals surface area contributed by atoms with E-state index in [1.807, 2.05) is 17.5 Å². The number of thiazole rings is 1. The summed E-state index contributed by atoms with van der Waals surface area (Å²) in [7, 11) is 0. The number of nitrogens with zero attached hydrogens (tertiary/aromatic N) is 2. The third-order valence-electron chi connectivity index (χ3n) is 3.68. The number of hydrogen-bond donors (Lipinski definition) is 1. The van der Waals surface area contributed by atoms with Gasteiger partial charge in [0.25, 0.3) is 0 Å². The molecule has 0 unspecified atom stereocenters. The molecule has 0 aliphatic heterocycles. The van der Waals surface area contributed by atoms with Crippen LogP contribution in [0.25, 0.3) is 16.2 Å². The van der Waals surface area contributed by atoms with Crippen molar-refractivity contribution >= 4 is 22.3 Å². The summed E-state index contributed by atoms with van der Waals surface area (Å²) in [6.07, 6.45) is 1.93. The molecule has 108 valence electrons. The maximum absolute atomic E-state index is 11.2. The maximum atomic E-state index is 11.2. The molecule has 2 aromatic heterocycles. The number of aryl methyl sites for hydroxylation is 4. The van der Waals surface area contributed by atoms with Gasteiger partial charge in [0.05, 0.1) is 5.69 Å². The molecule has 0 saturated carbocycles. The fourth-order valence-corrected chi connectivity index (χ4v) is 3.80. The number of rotatable bonds is 2. The minimum Gasteiger partial charge on any atom is -0.477 e. The van der Waals surface area contributed by atoms with Crippen LogP contribution in [0, 0.1) is 27.7 Å². The molecular weight excluding hydrogens is 284 g/mol. The van der Waals surface area contributed by atoms with Crippen molar-refractivity contribution in [3.05, 3.63) is 45.6 Å². The first-order chi connectivity index (χ1) is 9.88. The summed E-state index contributed by atoms with van der Waals surface area (Å²) in [5.74, 6) is -0.896. The topological polar surface area (TPSA) is 54.6 Å². The van der Waals surface area contributed by atoms with Gasteiger partial charge in [0.2, 0.25) is 0 Å². The van der Waals surface area contributed by atoms with Crippen LogP contribution >= 0.6 is 11.3 Å². The molecule has 0 fully saturated rings. The van der Waals surface area contributed by atoms with Crippen molar-refractivity contribution in [1.29, 1.82) is 0 Å². The van der Waals surface area contributed by atoms with E-state index >= 15 is 0 Å². The molecule has 5 heteroatoms. The summed E-state index contributed by atoms with van der Waals surface area (Å²) >= 11 is 1.21. The lowest BCUT2D eigenvalue weighted by atomic mass is 9.98. The Balaban J connectivity index is 2.21. The lowest BCUT2D eigenvalue weighted by Crippen LogP contribution is -1.96. The van der Waals surface area contributed by atoms with Crippen LogP contribution in [0.15, 0.2) is 18.3 Å². The van der Waals surface area contributed by atoms with Crippen molar-refractivity contribution in [3.8, 4) is 11.3 Å². The summed E-state index contributed by atoms with van der Waals surface area (Å²) in [6, 6.07) is 4.29. The number of carboxylic acids is 1. The fourth-order valence-electron chi connectivity index (χ4n) is 2.85. The summed E-state index contributed by atoms with van der Waals surface area (Å²) in [4.78, 5) is 16.8. The SMILES string of the molecule is Cc1cc(C)c(-c2cn3c(C)c(C(=O)O)sc3n2)c(C)c1. The van der Waals surface area contributed by atoms with Gasteiger partial charge in [-0.25, -0.2) is 9.78 Å². The molecule has 0 aliphatic rings. The normalized spacial score (nSPS) is 11.2. The summed E-state index contributed by atoms with van der Waals surface area (Å²) in [6.45, 7) is 8.06.